The molecule has 1 rings (SSSR count). The first-order valence-corrected chi connectivity index (χ1v) is 6.61. The van der Waals surface area contributed by atoms with Gasteiger partial charge < -0.3 is 16.2 Å². The third-order valence-electron chi connectivity index (χ3n) is 3.70. The zero-order valence-corrected chi connectivity index (χ0v) is 11.1. The average molecular weight is 242 g/mol. The Morgan fingerprint density at radius 1 is 1.24 bits per heavy atom. The first kappa shape index (κ1) is 14.3. The summed E-state index contributed by atoms with van der Waals surface area (Å²) in [5.41, 5.74) is 10.2. The molecule has 0 unspecified atom stereocenters. The van der Waals surface area contributed by atoms with Crippen LogP contribution in [-0.4, -0.2) is 18.2 Å². The summed E-state index contributed by atoms with van der Waals surface area (Å²) in [6, 6.07) is 0. The van der Waals surface area contributed by atoms with Crippen LogP contribution in [-0.2, 0) is 4.74 Å². The Labute approximate surface area is 104 Å². The number of hydrogen-bond donors (Lipinski definition) is 2. The molecule has 0 saturated heterocycles. The molecule has 0 aromatic carbocycles. The summed E-state index contributed by atoms with van der Waals surface area (Å²) in [5.74, 6) is 1.45. The zero-order chi connectivity index (χ0) is 12.9. The summed E-state index contributed by atoms with van der Waals surface area (Å²) in [6.07, 6.45) is 6.33. The topological polar surface area (TPSA) is 78.3 Å². The standard InChI is InChI=1S/C13H26N2O2/c1-13(2,17-12(15)16)9-11-5-3-10(4-6-11)7-8-14/h10-11H,3-9,14H2,1-2H3,(H2,15,16)/t10-,11+. The minimum Gasteiger partial charge on any atom is -0.444 e. The van der Waals surface area contributed by atoms with E-state index in [1.54, 1.807) is 0 Å². The molecule has 1 fully saturated rings. The van der Waals surface area contributed by atoms with E-state index in [4.69, 9.17) is 16.2 Å². The second kappa shape index (κ2) is 6.24. The normalized spacial score (nSPS) is 25.6. The highest BCUT2D eigenvalue weighted by Gasteiger charge is 2.29. The van der Waals surface area contributed by atoms with E-state index < -0.39 is 11.7 Å². The van der Waals surface area contributed by atoms with E-state index in [2.05, 4.69) is 0 Å². The van der Waals surface area contributed by atoms with Gasteiger partial charge in [0, 0.05) is 0 Å². The first-order valence-electron chi connectivity index (χ1n) is 6.61. The Hall–Kier alpha value is -0.770. The molecule has 0 atom stereocenters. The van der Waals surface area contributed by atoms with E-state index >= 15 is 0 Å². The van der Waals surface area contributed by atoms with Crippen molar-refractivity contribution in [3.63, 3.8) is 0 Å². The van der Waals surface area contributed by atoms with Crippen LogP contribution in [0.4, 0.5) is 4.79 Å². The summed E-state index contributed by atoms with van der Waals surface area (Å²) in [4.78, 5) is 10.8. The SMILES string of the molecule is CC(C)(C[C@H]1CC[C@@H](CCN)CC1)OC(N)=O. The van der Waals surface area contributed by atoms with Gasteiger partial charge in [0.05, 0.1) is 0 Å². The molecule has 100 valence electrons. The average Bonchev–Trinajstić information content (AvgIpc) is 2.18. The lowest BCUT2D eigenvalue weighted by Gasteiger charge is -2.33. The summed E-state index contributed by atoms with van der Waals surface area (Å²) in [7, 11) is 0. The summed E-state index contributed by atoms with van der Waals surface area (Å²) >= 11 is 0. The van der Waals surface area contributed by atoms with Crippen molar-refractivity contribution < 1.29 is 9.53 Å². The molecule has 4 N–H and O–H groups in total. The molecular formula is C13H26N2O2. The maximum atomic E-state index is 10.8. The Kier molecular flexibility index (Phi) is 5.25. The number of primary amides is 1. The molecule has 17 heavy (non-hydrogen) atoms. The third-order valence-corrected chi connectivity index (χ3v) is 3.70. The zero-order valence-electron chi connectivity index (χ0n) is 11.1. The maximum Gasteiger partial charge on any atom is 0.405 e. The fraction of sp³-hybridized carbons (Fsp3) is 0.923. The number of ether oxygens (including phenoxy) is 1. The van der Waals surface area contributed by atoms with Gasteiger partial charge >= 0.3 is 6.09 Å². The van der Waals surface area contributed by atoms with Gasteiger partial charge in [-0.1, -0.05) is 25.7 Å². The number of nitrogens with two attached hydrogens (primary N) is 2. The highest BCUT2D eigenvalue weighted by Crippen LogP contribution is 2.35. The van der Waals surface area contributed by atoms with Crippen LogP contribution in [0.5, 0.6) is 0 Å². The Morgan fingerprint density at radius 3 is 2.24 bits per heavy atom. The number of carbonyl (C=O) groups excluding carboxylic acids is 1. The van der Waals surface area contributed by atoms with Gasteiger partial charge in [0.2, 0.25) is 0 Å². The minimum absolute atomic E-state index is 0.433. The monoisotopic (exact) mass is 242 g/mol. The second-order valence-corrected chi connectivity index (χ2v) is 5.85. The molecule has 1 saturated carbocycles. The highest BCUT2D eigenvalue weighted by molar-refractivity contribution is 5.65. The summed E-state index contributed by atoms with van der Waals surface area (Å²) in [5, 5.41) is 0. The largest absolute Gasteiger partial charge is 0.444 e. The smallest absolute Gasteiger partial charge is 0.405 e. The van der Waals surface area contributed by atoms with Crippen molar-refractivity contribution in [1.29, 1.82) is 0 Å². The molecule has 0 aromatic rings. The number of rotatable bonds is 5. The quantitative estimate of drug-likeness (QED) is 0.777. The molecule has 0 aromatic heterocycles. The van der Waals surface area contributed by atoms with Gasteiger partial charge in [-0.05, 0) is 45.1 Å². The minimum atomic E-state index is -0.674. The Balaban J connectivity index is 2.32. The van der Waals surface area contributed by atoms with Crippen LogP contribution in [0, 0.1) is 11.8 Å². The number of hydrogen-bond acceptors (Lipinski definition) is 3. The van der Waals surface area contributed by atoms with E-state index in [-0.39, 0.29) is 0 Å². The molecule has 0 radical (unpaired) electrons. The van der Waals surface area contributed by atoms with Crippen molar-refractivity contribution >= 4 is 6.09 Å². The van der Waals surface area contributed by atoms with Crippen LogP contribution in [0.3, 0.4) is 0 Å². The van der Waals surface area contributed by atoms with Crippen molar-refractivity contribution in [2.45, 2.75) is 58.0 Å². The van der Waals surface area contributed by atoms with Crippen LogP contribution in [0.25, 0.3) is 0 Å². The molecule has 0 heterocycles. The van der Waals surface area contributed by atoms with Gasteiger partial charge in [-0.15, -0.1) is 0 Å². The van der Waals surface area contributed by atoms with Crippen molar-refractivity contribution in [1.82, 2.24) is 0 Å². The molecule has 4 heteroatoms. The predicted octanol–water partition coefficient (Wildman–Crippen LogP) is 2.41. The van der Waals surface area contributed by atoms with E-state index in [0.717, 1.165) is 25.3 Å². The fourth-order valence-electron chi connectivity index (χ4n) is 2.97. The van der Waals surface area contributed by atoms with E-state index in [9.17, 15) is 4.79 Å². The van der Waals surface area contributed by atoms with Crippen molar-refractivity contribution in [3.8, 4) is 0 Å². The van der Waals surface area contributed by atoms with Crippen molar-refractivity contribution in [2.75, 3.05) is 6.54 Å². The second-order valence-electron chi connectivity index (χ2n) is 5.85. The van der Waals surface area contributed by atoms with Gasteiger partial charge in [-0.25, -0.2) is 4.79 Å². The molecule has 0 bridgehead atoms. The Morgan fingerprint density at radius 2 is 1.76 bits per heavy atom. The molecule has 0 aliphatic heterocycles. The van der Waals surface area contributed by atoms with Gasteiger partial charge in [-0.3, -0.25) is 0 Å². The molecule has 0 spiro atoms. The molecular weight excluding hydrogens is 216 g/mol. The third kappa shape index (κ3) is 5.39. The summed E-state index contributed by atoms with van der Waals surface area (Å²) < 4.78 is 5.13. The van der Waals surface area contributed by atoms with Crippen LogP contribution in [0.15, 0.2) is 0 Å². The van der Waals surface area contributed by atoms with Gasteiger partial charge in [0.1, 0.15) is 5.60 Å². The van der Waals surface area contributed by atoms with E-state index in [1.807, 2.05) is 13.8 Å². The fourth-order valence-corrected chi connectivity index (χ4v) is 2.97. The lowest BCUT2D eigenvalue weighted by molar-refractivity contribution is 0.0196. The van der Waals surface area contributed by atoms with Crippen molar-refractivity contribution in [3.05, 3.63) is 0 Å². The highest BCUT2D eigenvalue weighted by atomic mass is 16.6. The predicted molar refractivity (Wildman–Crippen MR) is 68.5 cm³/mol. The van der Waals surface area contributed by atoms with Gasteiger partial charge in [-0.2, -0.15) is 0 Å². The number of carbonyl (C=O) groups is 1. The molecule has 4 nitrogen and oxygen atoms in total. The Bertz CT molecular complexity index is 246. The van der Waals surface area contributed by atoms with Crippen LogP contribution in [0.1, 0.15) is 52.4 Å². The van der Waals surface area contributed by atoms with Gasteiger partial charge in [0.15, 0.2) is 0 Å². The summed E-state index contributed by atoms with van der Waals surface area (Å²) in [6.45, 7) is 4.67. The maximum absolute atomic E-state index is 10.8. The van der Waals surface area contributed by atoms with E-state index in [0.29, 0.717) is 5.92 Å². The number of amides is 1. The van der Waals surface area contributed by atoms with E-state index in [1.165, 1.54) is 25.7 Å². The van der Waals surface area contributed by atoms with Crippen molar-refractivity contribution in [2.24, 2.45) is 23.3 Å². The molecule has 1 aliphatic carbocycles. The van der Waals surface area contributed by atoms with Gasteiger partial charge in [0.25, 0.3) is 0 Å². The first-order chi connectivity index (χ1) is 7.93. The van der Waals surface area contributed by atoms with Crippen LogP contribution < -0.4 is 11.5 Å². The molecule has 1 amide bonds. The lowest BCUT2D eigenvalue weighted by Crippen LogP contribution is -2.34. The lowest BCUT2D eigenvalue weighted by atomic mass is 9.76. The van der Waals surface area contributed by atoms with Crippen LogP contribution >= 0.6 is 0 Å². The van der Waals surface area contributed by atoms with Crippen LogP contribution in [0.2, 0.25) is 0 Å². The molecule has 1 aliphatic rings.